The van der Waals surface area contributed by atoms with Gasteiger partial charge >= 0.3 is 0 Å². The van der Waals surface area contributed by atoms with E-state index in [0.717, 1.165) is 53.7 Å². The summed E-state index contributed by atoms with van der Waals surface area (Å²) in [5.74, 6) is 1.77. The monoisotopic (exact) mass is 498 g/mol. The van der Waals surface area contributed by atoms with E-state index in [-0.39, 0.29) is 0 Å². The van der Waals surface area contributed by atoms with E-state index < -0.39 is 16.7 Å². The van der Waals surface area contributed by atoms with Crippen LogP contribution in [0.2, 0.25) is 0 Å². The molecule has 1 fully saturated rings. The van der Waals surface area contributed by atoms with Crippen molar-refractivity contribution in [3.63, 3.8) is 0 Å². The minimum absolute atomic E-state index is 0.396. The van der Waals surface area contributed by atoms with Crippen LogP contribution in [0.3, 0.4) is 0 Å². The van der Waals surface area contributed by atoms with E-state index >= 15 is 0 Å². The minimum atomic E-state index is -0.646. The Morgan fingerprint density at radius 1 is 1.06 bits per heavy atom. The van der Waals surface area contributed by atoms with Crippen LogP contribution >= 0.6 is 11.3 Å². The molecule has 0 bridgehead atoms. The molecule has 3 aromatic rings. The summed E-state index contributed by atoms with van der Waals surface area (Å²) in [4.78, 5) is 17.0. The summed E-state index contributed by atoms with van der Waals surface area (Å²) in [6.07, 6.45) is 15.4. The predicted octanol–water partition coefficient (Wildman–Crippen LogP) is 6.99. The Hall–Kier alpha value is -1.92. The van der Waals surface area contributed by atoms with Crippen molar-refractivity contribution in [2.75, 3.05) is 11.5 Å². The van der Waals surface area contributed by atoms with E-state index in [0.29, 0.717) is 11.5 Å². The number of amides is 1. The molecule has 0 atom stereocenters. The highest BCUT2D eigenvalue weighted by molar-refractivity contribution is 7.85. The number of primary amides is 1. The lowest BCUT2D eigenvalue weighted by atomic mass is 9.92. The van der Waals surface area contributed by atoms with Gasteiger partial charge in [-0.1, -0.05) is 45.4 Å². The Balaban J connectivity index is 1.48. The third-order valence-electron chi connectivity index (χ3n) is 7.17. The van der Waals surface area contributed by atoms with Gasteiger partial charge in [-0.15, -0.1) is 11.3 Å². The van der Waals surface area contributed by atoms with Crippen LogP contribution in [0.15, 0.2) is 29.8 Å². The van der Waals surface area contributed by atoms with Crippen molar-refractivity contribution in [3.05, 3.63) is 45.8 Å². The molecule has 0 radical (unpaired) electrons. The molecule has 6 heteroatoms. The fourth-order valence-corrected chi connectivity index (χ4v) is 7.43. The lowest BCUT2D eigenvalue weighted by molar-refractivity contribution is 0.100. The van der Waals surface area contributed by atoms with E-state index in [1.165, 1.54) is 60.9 Å². The molecule has 34 heavy (non-hydrogen) atoms. The zero-order valence-corrected chi connectivity index (χ0v) is 22.0. The van der Waals surface area contributed by atoms with E-state index in [1.54, 1.807) is 0 Å². The molecule has 1 amide bonds. The molecular formula is C28H38N2O2S2. The number of carbonyl (C=O) groups excluding carboxylic acids is 1. The second kappa shape index (κ2) is 12.2. The van der Waals surface area contributed by atoms with Crippen LogP contribution in [-0.4, -0.2) is 26.6 Å². The second-order valence-electron chi connectivity index (χ2n) is 9.79. The van der Waals surface area contributed by atoms with Gasteiger partial charge in [0.2, 0.25) is 0 Å². The molecule has 3 heterocycles. The summed E-state index contributed by atoms with van der Waals surface area (Å²) in [5, 5.41) is 3.31. The molecule has 4 nitrogen and oxygen atoms in total. The highest BCUT2D eigenvalue weighted by Crippen LogP contribution is 2.34. The van der Waals surface area contributed by atoms with Gasteiger partial charge in [0.05, 0.1) is 11.1 Å². The number of nitrogens with one attached hydrogen (secondary N) is 1. The van der Waals surface area contributed by atoms with Crippen molar-refractivity contribution in [1.29, 1.82) is 0 Å². The number of H-pyrrole nitrogens is 1. The molecule has 0 saturated carbocycles. The number of thiophene rings is 1. The summed E-state index contributed by atoms with van der Waals surface area (Å²) < 4.78 is 11.7. The number of hydrogen-bond acceptors (Lipinski definition) is 3. The number of aromatic nitrogens is 1. The van der Waals surface area contributed by atoms with Gasteiger partial charge in [0.25, 0.3) is 5.91 Å². The number of unbranched alkanes of at least 4 members (excludes halogenated alkanes) is 6. The first-order valence-corrected chi connectivity index (χ1v) is 15.3. The number of fused-ring (bicyclic) bond motifs is 1. The highest BCUT2D eigenvalue weighted by atomic mass is 32.2. The van der Waals surface area contributed by atoms with Crippen molar-refractivity contribution in [1.82, 2.24) is 4.98 Å². The summed E-state index contributed by atoms with van der Waals surface area (Å²) in [6.45, 7) is 2.26. The smallest absolute Gasteiger partial charge is 0.250 e. The topological polar surface area (TPSA) is 76.0 Å². The molecule has 1 aromatic carbocycles. The van der Waals surface area contributed by atoms with Crippen LogP contribution in [0.1, 0.15) is 85.5 Å². The van der Waals surface area contributed by atoms with Crippen LogP contribution < -0.4 is 5.73 Å². The Morgan fingerprint density at radius 2 is 1.79 bits per heavy atom. The molecule has 1 saturated heterocycles. The molecule has 3 N–H and O–H groups in total. The first-order chi connectivity index (χ1) is 16.5. The van der Waals surface area contributed by atoms with Gasteiger partial charge in [-0.2, -0.15) is 0 Å². The average Bonchev–Trinajstić information content (AvgIpc) is 3.46. The molecule has 0 unspecified atom stereocenters. The van der Waals surface area contributed by atoms with Crippen LogP contribution in [0, 0.1) is 5.92 Å². The standard InChI is InChI=1S/C28H38N2O2S2/c1-2-3-4-5-6-7-8-9-24-15-23(19-33-24)21-16-25-22(14-20-10-12-34(32)13-11-20)18-30-27(25)26(17-21)28(29)31/h15-20,30H,2-14H2,1H3,(H2,29,31). The summed E-state index contributed by atoms with van der Waals surface area (Å²) in [6, 6.07) is 6.44. The SMILES string of the molecule is CCCCCCCCCc1cc(-c2cc(C(N)=O)c3[nH]cc(CC4CCS(=O)CC4)c3c2)cs1. The zero-order chi connectivity index (χ0) is 23.9. The number of rotatable bonds is 12. The third-order valence-corrected chi connectivity index (χ3v) is 9.55. The Kier molecular flexibility index (Phi) is 9.01. The van der Waals surface area contributed by atoms with Crippen LogP contribution in [0.5, 0.6) is 0 Å². The minimum Gasteiger partial charge on any atom is -0.366 e. The molecular weight excluding hydrogens is 460 g/mol. The summed E-state index contributed by atoms with van der Waals surface area (Å²) >= 11 is 1.82. The molecule has 0 spiro atoms. The molecule has 4 rings (SSSR count). The average molecular weight is 499 g/mol. The van der Waals surface area contributed by atoms with Crippen LogP contribution in [-0.2, 0) is 23.6 Å². The maximum atomic E-state index is 12.3. The Bertz CT molecular complexity index is 1120. The fraction of sp³-hybridized carbons (Fsp3) is 0.536. The molecule has 2 aromatic heterocycles. The van der Waals surface area contributed by atoms with Crippen molar-refractivity contribution < 1.29 is 9.00 Å². The normalized spacial score (nSPS) is 18.5. The first kappa shape index (κ1) is 25.2. The van der Waals surface area contributed by atoms with Crippen LogP contribution in [0.4, 0.5) is 0 Å². The highest BCUT2D eigenvalue weighted by Gasteiger charge is 2.21. The number of benzene rings is 1. The molecule has 0 aliphatic carbocycles. The van der Waals surface area contributed by atoms with E-state index in [4.69, 9.17) is 5.73 Å². The number of carbonyl (C=O) groups is 1. The maximum absolute atomic E-state index is 12.3. The zero-order valence-electron chi connectivity index (χ0n) is 20.4. The molecule has 1 aliphatic rings. The number of hydrogen-bond donors (Lipinski definition) is 2. The first-order valence-electron chi connectivity index (χ1n) is 12.9. The van der Waals surface area contributed by atoms with Gasteiger partial charge in [0.1, 0.15) is 0 Å². The van der Waals surface area contributed by atoms with E-state index in [1.807, 2.05) is 23.6 Å². The van der Waals surface area contributed by atoms with Crippen molar-refractivity contribution in [3.8, 4) is 11.1 Å². The summed E-state index contributed by atoms with van der Waals surface area (Å²) in [5.41, 5.74) is 10.6. The van der Waals surface area contributed by atoms with Gasteiger partial charge in [0.15, 0.2) is 0 Å². The molecule has 184 valence electrons. The van der Waals surface area contributed by atoms with E-state index in [2.05, 4.69) is 29.4 Å². The molecule has 1 aliphatic heterocycles. The van der Waals surface area contributed by atoms with E-state index in [9.17, 15) is 9.00 Å². The van der Waals surface area contributed by atoms with Gasteiger partial charge in [-0.3, -0.25) is 9.00 Å². The van der Waals surface area contributed by atoms with Gasteiger partial charge < -0.3 is 10.7 Å². The van der Waals surface area contributed by atoms with Gasteiger partial charge in [-0.25, -0.2) is 0 Å². The summed E-state index contributed by atoms with van der Waals surface area (Å²) in [7, 11) is -0.646. The van der Waals surface area contributed by atoms with Crippen molar-refractivity contribution in [2.45, 2.75) is 77.6 Å². The van der Waals surface area contributed by atoms with Gasteiger partial charge in [0, 0.05) is 38.8 Å². The lowest BCUT2D eigenvalue weighted by Crippen LogP contribution is -2.20. The largest absolute Gasteiger partial charge is 0.366 e. The maximum Gasteiger partial charge on any atom is 0.250 e. The predicted molar refractivity (Wildman–Crippen MR) is 146 cm³/mol. The van der Waals surface area contributed by atoms with Crippen molar-refractivity contribution in [2.24, 2.45) is 11.7 Å². The second-order valence-corrected chi connectivity index (χ2v) is 12.5. The number of aryl methyl sites for hydroxylation is 1. The lowest BCUT2D eigenvalue weighted by Gasteiger charge is -2.21. The Morgan fingerprint density at radius 3 is 2.53 bits per heavy atom. The quantitative estimate of drug-likeness (QED) is 0.264. The third kappa shape index (κ3) is 6.39. The number of aromatic amines is 1. The van der Waals surface area contributed by atoms with Gasteiger partial charge in [-0.05, 0) is 78.3 Å². The number of nitrogens with two attached hydrogens (primary N) is 1. The van der Waals surface area contributed by atoms with Crippen molar-refractivity contribution >= 4 is 38.9 Å². The van der Waals surface area contributed by atoms with Crippen LogP contribution in [0.25, 0.3) is 22.0 Å². The fourth-order valence-electron chi connectivity index (χ4n) is 5.09. The Labute approximate surface area is 210 Å².